The Bertz CT molecular complexity index is 706. The number of carbonyl (C=O) groups excluding carboxylic acids is 1. The largest absolute Gasteiger partial charge is 0.325 e. The van der Waals surface area contributed by atoms with Crippen molar-refractivity contribution in [3.8, 4) is 0 Å². The summed E-state index contributed by atoms with van der Waals surface area (Å²) in [5.74, 6) is -0.0643. The molecule has 0 bridgehead atoms. The van der Waals surface area contributed by atoms with Gasteiger partial charge in [-0.1, -0.05) is 12.1 Å². The second kappa shape index (κ2) is 4.55. The second-order valence-corrected chi connectivity index (χ2v) is 9.33. The molecule has 3 N–H and O–H groups in total. The minimum atomic E-state index is -3.31. The molecule has 5 nitrogen and oxygen atoms in total. The molecule has 1 aromatic rings. The highest BCUT2D eigenvalue weighted by molar-refractivity contribution is 7.92. The van der Waals surface area contributed by atoms with Crippen LogP contribution in [0.1, 0.15) is 44.9 Å². The Labute approximate surface area is 125 Å². The SMILES string of the molecule is CC1(C)C(=O)Nc2ccc(C(N)C(C)(C)S(C)(=O)=O)cc21. The lowest BCUT2D eigenvalue weighted by Gasteiger charge is -2.30. The van der Waals surface area contributed by atoms with Gasteiger partial charge in [-0.3, -0.25) is 4.79 Å². The maximum atomic E-state index is 12.0. The Morgan fingerprint density at radius 1 is 1.29 bits per heavy atom. The first-order valence-corrected chi connectivity index (χ1v) is 8.69. The Morgan fingerprint density at radius 2 is 1.86 bits per heavy atom. The first-order valence-electron chi connectivity index (χ1n) is 6.80. The Balaban J connectivity index is 2.50. The number of nitrogens with two attached hydrogens (primary N) is 1. The van der Waals surface area contributed by atoms with E-state index in [1.54, 1.807) is 26.0 Å². The molecule has 0 radical (unpaired) electrons. The minimum Gasteiger partial charge on any atom is -0.325 e. The Morgan fingerprint density at radius 3 is 2.38 bits per heavy atom. The third-order valence-electron chi connectivity index (χ3n) is 4.60. The van der Waals surface area contributed by atoms with Gasteiger partial charge in [0.2, 0.25) is 5.91 Å². The summed E-state index contributed by atoms with van der Waals surface area (Å²) in [4.78, 5) is 12.0. The number of hydrogen-bond acceptors (Lipinski definition) is 4. The van der Waals surface area contributed by atoms with E-state index in [0.717, 1.165) is 11.3 Å². The first kappa shape index (κ1) is 16.0. The predicted molar refractivity (Wildman–Crippen MR) is 83.9 cm³/mol. The molecular formula is C15H22N2O3S. The van der Waals surface area contributed by atoms with Crippen LogP contribution in [0.3, 0.4) is 0 Å². The molecule has 1 aliphatic heterocycles. The molecule has 1 unspecified atom stereocenters. The molecule has 6 heteroatoms. The molecule has 0 aromatic heterocycles. The van der Waals surface area contributed by atoms with Gasteiger partial charge in [0.05, 0.1) is 10.2 Å². The maximum Gasteiger partial charge on any atom is 0.234 e. The van der Waals surface area contributed by atoms with Gasteiger partial charge in [-0.15, -0.1) is 0 Å². The standard InChI is InChI=1S/C15H22N2O3S/c1-14(2)10-8-9(6-7-11(10)17-13(14)18)12(16)15(3,4)21(5,19)20/h6-8,12H,16H2,1-5H3,(H,17,18). The van der Waals surface area contributed by atoms with E-state index in [-0.39, 0.29) is 5.91 Å². The number of benzene rings is 1. The van der Waals surface area contributed by atoms with Crippen LogP contribution in [0.15, 0.2) is 18.2 Å². The number of sulfone groups is 1. The zero-order valence-corrected chi connectivity index (χ0v) is 13.8. The number of nitrogens with one attached hydrogen (secondary N) is 1. The normalized spacial score (nSPS) is 19.0. The molecule has 0 aliphatic carbocycles. The molecule has 1 heterocycles. The van der Waals surface area contributed by atoms with Crippen LogP contribution >= 0.6 is 0 Å². The van der Waals surface area contributed by atoms with Crippen molar-refractivity contribution in [3.05, 3.63) is 29.3 Å². The van der Waals surface area contributed by atoms with Gasteiger partial charge >= 0.3 is 0 Å². The fourth-order valence-corrected chi connectivity index (χ4v) is 3.01. The van der Waals surface area contributed by atoms with E-state index >= 15 is 0 Å². The molecular weight excluding hydrogens is 288 g/mol. The first-order chi connectivity index (χ1) is 9.39. The van der Waals surface area contributed by atoms with Gasteiger partial charge in [0.25, 0.3) is 0 Å². The molecule has 21 heavy (non-hydrogen) atoms. The molecule has 116 valence electrons. The van der Waals surface area contributed by atoms with E-state index in [0.29, 0.717) is 5.56 Å². The van der Waals surface area contributed by atoms with Crippen LogP contribution in [0, 0.1) is 0 Å². The van der Waals surface area contributed by atoms with Gasteiger partial charge in [-0.2, -0.15) is 0 Å². The fraction of sp³-hybridized carbons (Fsp3) is 0.533. The predicted octanol–water partition coefficient (Wildman–Crippen LogP) is 1.74. The molecule has 1 atom stereocenters. The number of fused-ring (bicyclic) bond motifs is 1. The smallest absolute Gasteiger partial charge is 0.234 e. The van der Waals surface area contributed by atoms with E-state index in [4.69, 9.17) is 5.73 Å². The third-order valence-corrected chi connectivity index (χ3v) is 6.76. The number of anilines is 1. The maximum absolute atomic E-state index is 12.0. The third kappa shape index (κ3) is 2.36. The number of carbonyl (C=O) groups is 1. The summed E-state index contributed by atoms with van der Waals surface area (Å²) in [6, 6.07) is 4.74. The summed E-state index contributed by atoms with van der Waals surface area (Å²) in [5.41, 5.74) is 7.88. The quantitative estimate of drug-likeness (QED) is 0.890. The van der Waals surface area contributed by atoms with Crippen LogP contribution in [0.4, 0.5) is 5.69 Å². The van der Waals surface area contributed by atoms with E-state index in [1.165, 1.54) is 6.26 Å². The van der Waals surface area contributed by atoms with Crippen LogP contribution in [0.5, 0.6) is 0 Å². The van der Waals surface area contributed by atoms with E-state index in [1.807, 2.05) is 19.9 Å². The molecule has 2 rings (SSSR count). The summed E-state index contributed by atoms with van der Waals surface area (Å²) in [5, 5.41) is 2.82. The van der Waals surface area contributed by atoms with E-state index < -0.39 is 26.0 Å². The van der Waals surface area contributed by atoms with Crippen molar-refractivity contribution in [1.82, 2.24) is 0 Å². The van der Waals surface area contributed by atoms with Crippen LogP contribution in [0.2, 0.25) is 0 Å². The second-order valence-electron chi connectivity index (χ2n) is 6.74. The summed E-state index contributed by atoms with van der Waals surface area (Å²) in [6.45, 7) is 6.92. The number of rotatable bonds is 3. The Kier molecular flexibility index (Phi) is 3.46. The van der Waals surface area contributed by atoms with Gasteiger partial charge in [-0.25, -0.2) is 8.42 Å². The van der Waals surface area contributed by atoms with Gasteiger partial charge in [0, 0.05) is 18.0 Å². The van der Waals surface area contributed by atoms with Crippen LogP contribution in [-0.2, 0) is 20.0 Å². The molecule has 0 saturated carbocycles. The topological polar surface area (TPSA) is 89.3 Å². The minimum absolute atomic E-state index is 0.0643. The summed E-state index contributed by atoms with van der Waals surface area (Å²) in [7, 11) is -3.31. The average Bonchev–Trinajstić information content (AvgIpc) is 2.58. The molecule has 1 aromatic carbocycles. The zero-order valence-electron chi connectivity index (χ0n) is 13.0. The fourth-order valence-electron chi connectivity index (χ4n) is 2.41. The highest BCUT2D eigenvalue weighted by Gasteiger charge is 2.41. The Hall–Kier alpha value is -1.40. The van der Waals surface area contributed by atoms with Gasteiger partial charge < -0.3 is 11.1 Å². The zero-order chi connectivity index (χ0) is 16.2. The molecule has 1 amide bonds. The lowest BCUT2D eigenvalue weighted by molar-refractivity contribution is -0.119. The summed E-state index contributed by atoms with van der Waals surface area (Å²) < 4.78 is 22.8. The molecule has 0 saturated heterocycles. The lowest BCUT2D eigenvalue weighted by atomic mass is 9.84. The number of amides is 1. The van der Waals surface area contributed by atoms with Crippen LogP contribution < -0.4 is 11.1 Å². The average molecular weight is 310 g/mol. The lowest BCUT2D eigenvalue weighted by Crippen LogP contribution is -2.42. The van der Waals surface area contributed by atoms with Crippen LogP contribution in [0.25, 0.3) is 0 Å². The molecule has 1 aliphatic rings. The highest BCUT2D eigenvalue weighted by atomic mass is 32.2. The van der Waals surface area contributed by atoms with Crippen molar-refractivity contribution < 1.29 is 13.2 Å². The summed E-state index contributed by atoms with van der Waals surface area (Å²) >= 11 is 0. The molecule has 0 spiro atoms. The van der Waals surface area contributed by atoms with Crippen molar-refractivity contribution in [2.45, 2.75) is 43.9 Å². The van der Waals surface area contributed by atoms with Gasteiger partial charge in [-0.05, 0) is 44.9 Å². The van der Waals surface area contributed by atoms with Gasteiger partial charge in [0.15, 0.2) is 9.84 Å². The van der Waals surface area contributed by atoms with Crippen molar-refractivity contribution in [2.75, 3.05) is 11.6 Å². The molecule has 0 fully saturated rings. The highest BCUT2D eigenvalue weighted by Crippen LogP contribution is 2.40. The van der Waals surface area contributed by atoms with Crippen molar-refractivity contribution in [3.63, 3.8) is 0 Å². The van der Waals surface area contributed by atoms with Crippen molar-refractivity contribution in [2.24, 2.45) is 5.73 Å². The van der Waals surface area contributed by atoms with E-state index in [2.05, 4.69) is 5.32 Å². The van der Waals surface area contributed by atoms with Crippen LogP contribution in [-0.4, -0.2) is 25.3 Å². The number of hydrogen-bond donors (Lipinski definition) is 2. The van der Waals surface area contributed by atoms with Crippen molar-refractivity contribution in [1.29, 1.82) is 0 Å². The van der Waals surface area contributed by atoms with E-state index in [9.17, 15) is 13.2 Å². The monoisotopic (exact) mass is 310 g/mol. The van der Waals surface area contributed by atoms with Crippen molar-refractivity contribution >= 4 is 21.4 Å². The summed E-state index contributed by atoms with van der Waals surface area (Å²) in [6.07, 6.45) is 1.19. The van der Waals surface area contributed by atoms with Gasteiger partial charge in [0.1, 0.15) is 0 Å².